The molecule has 2 aromatic rings. The number of aliphatic hydroxyl groups excluding tert-OH is 1. The Balaban J connectivity index is 1.50. The summed E-state index contributed by atoms with van der Waals surface area (Å²) >= 11 is 0. The molecule has 0 unspecified atom stereocenters. The molecule has 0 bridgehead atoms. The number of nitrogens with zero attached hydrogens (tertiary/aromatic N) is 1. The van der Waals surface area contributed by atoms with Crippen molar-refractivity contribution in [2.75, 3.05) is 19.8 Å². The smallest absolute Gasteiger partial charge is 0.0934 e. The van der Waals surface area contributed by atoms with Crippen molar-refractivity contribution >= 4 is 0 Å². The summed E-state index contributed by atoms with van der Waals surface area (Å²) in [5.74, 6) is 0. The summed E-state index contributed by atoms with van der Waals surface area (Å²) in [5.41, 5.74) is 2.35. The van der Waals surface area contributed by atoms with Crippen LogP contribution >= 0.6 is 0 Å². The minimum Gasteiger partial charge on any atom is -0.395 e. The van der Waals surface area contributed by atoms with E-state index < -0.39 is 0 Å². The van der Waals surface area contributed by atoms with Crippen LogP contribution in [-0.2, 0) is 22.7 Å². The molecule has 1 saturated heterocycles. The number of rotatable bonds is 16. The van der Waals surface area contributed by atoms with Crippen LogP contribution in [-0.4, -0.2) is 48.0 Å². The molecule has 1 aliphatic rings. The topological polar surface area (TPSA) is 41.9 Å². The Bertz CT molecular complexity index is 724. The van der Waals surface area contributed by atoms with E-state index in [4.69, 9.17) is 9.47 Å². The molecule has 0 aromatic heterocycles. The second kappa shape index (κ2) is 14.4. The van der Waals surface area contributed by atoms with E-state index in [1.807, 2.05) is 36.4 Å². The fourth-order valence-corrected chi connectivity index (χ4v) is 4.62. The maximum absolute atomic E-state index is 10.1. The maximum atomic E-state index is 10.1. The van der Waals surface area contributed by atoms with Crippen LogP contribution in [0.3, 0.4) is 0 Å². The molecule has 1 heterocycles. The fourth-order valence-electron chi connectivity index (χ4n) is 4.62. The molecule has 1 N–H and O–H groups in total. The van der Waals surface area contributed by atoms with Gasteiger partial charge in [0, 0.05) is 0 Å². The highest BCUT2D eigenvalue weighted by Crippen LogP contribution is 2.31. The highest BCUT2D eigenvalue weighted by Gasteiger charge is 2.48. The third-order valence-corrected chi connectivity index (χ3v) is 6.50. The molecule has 2 aromatic carbocycles. The summed E-state index contributed by atoms with van der Waals surface area (Å²) in [5, 5.41) is 10.1. The van der Waals surface area contributed by atoms with Crippen LogP contribution < -0.4 is 0 Å². The predicted octanol–water partition coefficient (Wildman–Crippen LogP) is 5.58. The number of unbranched alkanes of at least 4 members (excludes halogenated alkanes) is 6. The summed E-state index contributed by atoms with van der Waals surface area (Å²) in [6.07, 6.45) is 9.06. The first kappa shape index (κ1) is 24.9. The lowest BCUT2D eigenvalue weighted by molar-refractivity contribution is -0.186. The van der Waals surface area contributed by atoms with Gasteiger partial charge in [0.25, 0.3) is 0 Å². The Labute approximate surface area is 194 Å². The van der Waals surface area contributed by atoms with Gasteiger partial charge in [-0.15, -0.1) is 0 Å². The Morgan fingerprint density at radius 2 is 1.34 bits per heavy atom. The van der Waals surface area contributed by atoms with Crippen LogP contribution in [0.25, 0.3) is 0 Å². The van der Waals surface area contributed by atoms with Gasteiger partial charge in [0.2, 0.25) is 0 Å². The van der Waals surface area contributed by atoms with Crippen LogP contribution in [0.4, 0.5) is 0 Å². The second-order valence-electron chi connectivity index (χ2n) is 8.94. The Hall–Kier alpha value is -1.72. The van der Waals surface area contributed by atoms with E-state index in [1.54, 1.807) is 0 Å². The van der Waals surface area contributed by atoms with Gasteiger partial charge in [0.1, 0.15) is 0 Å². The van der Waals surface area contributed by atoms with Crippen LogP contribution in [0.1, 0.15) is 63.0 Å². The SMILES string of the molecule is CCCCCCCCCN1[C@H](COCc2ccccc2)[C@@H](OCc2ccccc2)[C@@H]1CO. The molecule has 0 aliphatic carbocycles. The lowest BCUT2D eigenvalue weighted by atomic mass is 9.89. The summed E-state index contributed by atoms with van der Waals surface area (Å²) in [6, 6.07) is 20.8. The van der Waals surface area contributed by atoms with Gasteiger partial charge in [0.05, 0.1) is 44.6 Å². The van der Waals surface area contributed by atoms with E-state index in [1.165, 1.54) is 56.1 Å². The first-order valence-corrected chi connectivity index (χ1v) is 12.5. The largest absolute Gasteiger partial charge is 0.395 e. The lowest BCUT2D eigenvalue weighted by Crippen LogP contribution is -2.71. The summed E-state index contributed by atoms with van der Waals surface area (Å²) in [4.78, 5) is 2.41. The van der Waals surface area contributed by atoms with E-state index in [2.05, 4.69) is 36.1 Å². The summed E-state index contributed by atoms with van der Waals surface area (Å²) in [7, 11) is 0. The van der Waals surface area contributed by atoms with Crippen LogP contribution in [0, 0.1) is 0 Å². The van der Waals surface area contributed by atoms with Gasteiger partial charge >= 0.3 is 0 Å². The van der Waals surface area contributed by atoms with Crippen molar-refractivity contribution in [1.82, 2.24) is 4.90 Å². The first-order valence-electron chi connectivity index (χ1n) is 12.5. The van der Waals surface area contributed by atoms with E-state index in [9.17, 15) is 5.11 Å². The number of hydrogen-bond donors (Lipinski definition) is 1. The quantitative estimate of drug-likeness (QED) is 0.347. The Morgan fingerprint density at radius 1 is 0.750 bits per heavy atom. The molecular weight excluding hydrogens is 398 g/mol. The zero-order chi connectivity index (χ0) is 22.4. The number of ether oxygens (including phenoxy) is 2. The lowest BCUT2D eigenvalue weighted by Gasteiger charge is -2.54. The van der Waals surface area contributed by atoms with Crippen molar-refractivity contribution in [3.63, 3.8) is 0 Å². The molecule has 0 radical (unpaired) electrons. The van der Waals surface area contributed by atoms with Crippen LogP contribution in [0.15, 0.2) is 60.7 Å². The number of hydrogen-bond acceptors (Lipinski definition) is 4. The van der Waals surface area contributed by atoms with E-state index in [0.29, 0.717) is 19.8 Å². The molecule has 0 spiro atoms. The molecule has 4 nitrogen and oxygen atoms in total. The van der Waals surface area contributed by atoms with Gasteiger partial charge < -0.3 is 14.6 Å². The third kappa shape index (κ3) is 7.70. The van der Waals surface area contributed by atoms with Crippen molar-refractivity contribution in [3.8, 4) is 0 Å². The predicted molar refractivity (Wildman–Crippen MR) is 130 cm³/mol. The Morgan fingerprint density at radius 3 is 1.97 bits per heavy atom. The van der Waals surface area contributed by atoms with E-state index >= 15 is 0 Å². The third-order valence-electron chi connectivity index (χ3n) is 6.50. The second-order valence-corrected chi connectivity index (χ2v) is 8.94. The molecule has 1 fully saturated rings. The molecule has 32 heavy (non-hydrogen) atoms. The average molecular weight is 440 g/mol. The zero-order valence-electron chi connectivity index (χ0n) is 19.7. The molecule has 0 saturated carbocycles. The van der Waals surface area contributed by atoms with Crippen LogP contribution in [0.5, 0.6) is 0 Å². The van der Waals surface area contributed by atoms with Gasteiger partial charge in [-0.05, 0) is 24.1 Å². The summed E-state index contributed by atoms with van der Waals surface area (Å²) in [6.45, 7) is 5.20. The number of likely N-dealkylation sites (tertiary alicyclic amines) is 1. The normalized spacial score (nSPS) is 20.9. The van der Waals surface area contributed by atoms with Crippen molar-refractivity contribution in [1.29, 1.82) is 0 Å². The first-order chi connectivity index (χ1) is 15.8. The minimum absolute atomic E-state index is 0.000494. The molecule has 4 heteroatoms. The number of aliphatic hydroxyl groups is 1. The maximum Gasteiger partial charge on any atom is 0.0934 e. The average Bonchev–Trinajstić information content (AvgIpc) is 2.83. The van der Waals surface area contributed by atoms with Crippen molar-refractivity contribution in [2.24, 2.45) is 0 Å². The van der Waals surface area contributed by atoms with Gasteiger partial charge in [-0.1, -0.05) is 106 Å². The zero-order valence-corrected chi connectivity index (χ0v) is 19.7. The van der Waals surface area contributed by atoms with Gasteiger partial charge in [0.15, 0.2) is 0 Å². The minimum atomic E-state index is 0.000494. The molecule has 1 aliphatic heterocycles. The highest BCUT2D eigenvalue weighted by molar-refractivity contribution is 5.15. The van der Waals surface area contributed by atoms with Crippen molar-refractivity contribution < 1.29 is 14.6 Å². The molecule has 3 atom stereocenters. The molecular formula is C28H41NO3. The fraction of sp³-hybridized carbons (Fsp3) is 0.571. The summed E-state index contributed by atoms with van der Waals surface area (Å²) < 4.78 is 12.4. The van der Waals surface area contributed by atoms with Gasteiger partial charge in [-0.25, -0.2) is 0 Å². The van der Waals surface area contributed by atoms with E-state index in [-0.39, 0.29) is 24.8 Å². The monoisotopic (exact) mass is 439 g/mol. The van der Waals surface area contributed by atoms with Gasteiger partial charge in [-0.3, -0.25) is 4.90 Å². The standard InChI is InChI=1S/C28H41NO3/c1-2-3-4-5-6-7-14-19-29-26(20-30)28(32-22-25-17-12-9-13-18-25)27(29)23-31-21-24-15-10-8-11-16-24/h8-13,15-18,26-28,30H,2-7,14,19-23H2,1H3/t26-,27+,28-/m0/s1. The van der Waals surface area contributed by atoms with Crippen molar-refractivity contribution in [2.45, 2.75) is 83.3 Å². The Kier molecular flexibility index (Phi) is 11.2. The molecule has 3 rings (SSSR count). The highest BCUT2D eigenvalue weighted by atomic mass is 16.5. The molecule has 0 amide bonds. The number of benzene rings is 2. The van der Waals surface area contributed by atoms with Gasteiger partial charge in [-0.2, -0.15) is 0 Å². The van der Waals surface area contributed by atoms with E-state index in [0.717, 1.165) is 6.54 Å². The molecule has 176 valence electrons. The van der Waals surface area contributed by atoms with Crippen LogP contribution in [0.2, 0.25) is 0 Å². The van der Waals surface area contributed by atoms with Crippen molar-refractivity contribution in [3.05, 3.63) is 71.8 Å².